The van der Waals surface area contributed by atoms with Gasteiger partial charge in [-0.05, 0) is 61.7 Å². The summed E-state index contributed by atoms with van der Waals surface area (Å²) in [5.41, 5.74) is 4.41. The average Bonchev–Trinajstić information content (AvgIpc) is 2.97. The molecule has 1 aromatic carbocycles. The fourth-order valence-corrected chi connectivity index (χ4v) is 4.52. The van der Waals surface area contributed by atoms with Crippen molar-refractivity contribution < 1.29 is 0 Å². The third kappa shape index (κ3) is 3.22. The van der Waals surface area contributed by atoms with E-state index in [1.165, 1.54) is 36.8 Å². The highest BCUT2D eigenvalue weighted by atomic mass is 32.1. The number of rotatable bonds is 5. The zero-order valence-corrected chi connectivity index (χ0v) is 13.9. The maximum atomic E-state index is 3.82. The third-order valence-electron chi connectivity index (χ3n) is 4.52. The second kappa shape index (κ2) is 6.76. The van der Waals surface area contributed by atoms with Gasteiger partial charge in [0.2, 0.25) is 0 Å². The molecule has 0 aliphatic heterocycles. The normalized spacial score (nSPS) is 19.2. The summed E-state index contributed by atoms with van der Waals surface area (Å²) >= 11 is 1.94. The van der Waals surface area contributed by atoms with Crippen molar-refractivity contribution in [3.8, 4) is 0 Å². The van der Waals surface area contributed by atoms with Gasteiger partial charge in [0.05, 0.1) is 0 Å². The third-order valence-corrected chi connectivity index (χ3v) is 5.51. The number of hydrogen-bond acceptors (Lipinski definition) is 2. The SMILES string of the molecule is CCCNC(c1cccc(C)c1)C1CCCc2sccc21. The first-order chi connectivity index (χ1) is 10.3. The largest absolute Gasteiger partial charge is 0.309 e. The molecule has 112 valence electrons. The van der Waals surface area contributed by atoms with Crippen LogP contribution in [0.2, 0.25) is 0 Å². The molecular formula is C19H25NS. The van der Waals surface area contributed by atoms with E-state index in [1.54, 1.807) is 10.4 Å². The molecule has 21 heavy (non-hydrogen) atoms. The smallest absolute Gasteiger partial charge is 0.0390 e. The fourth-order valence-electron chi connectivity index (χ4n) is 3.52. The topological polar surface area (TPSA) is 12.0 Å². The maximum Gasteiger partial charge on any atom is 0.0390 e. The van der Waals surface area contributed by atoms with Crippen LogP contribution in [0.25, 0.3) is 0 Å². The lowest BCUT2D eigenvalue weighted by atomic mass is 9.79. The van der Waals surface area contributed by atoms with Crippen LogP contribution in [0.1, 0.15) is 59.7 Å². The average molecular weight is 299 g/mol. The van der Waals surface area contributed by atoms with E-state index in [4.69, 9.17) is 0 Å². The number of hydrogen-bond donors (Lipinski definition) is 1. The van der Waals surface area contributed by atoms with Gasteiger partial charge in [-0.3, -0.25) is 0 Å². The van der Waals surface area contributed by atoms with Gasteiger partial charge >= 0.3 is 0 Å². The Morgan fingerprint density at radius 3 is 3.05 bits per heavy atom. The Hall–Kier alpha value is -1.12. The van der Waals surface area contributed by atoms with Gasteiger partial charge in [0.1, 0.15) is 0 Å². The van der Waals surface area contributed by atoms with Gasteiger partial charge in [-0.15, -0.1) is 11.3 Å². The Morgan fingerprint density at radius 2 is 2.24 bits per heavy atom. The van der Waals surface area contributed by atoms with E-state index in [-0.39, 0.29) is 0 Å². The summed E-state index contributed by atoms with van der Waals surface area (Å²) in [5, 5.41) is 6.09. The first-order valence-corrected chi connectivity index (χ1v) is 9.03. The monoisotopic (exact) mass is 299 g/mol. The van der Waals surface area contributed by atoms with Crippen LogP contribution in [0.3, 0.4) is 0 Å². The highest BCUT2D eigenvalue weighted by molar-refractivity contribution is 7.10. The van der Waals surface area contributed by atoms with Crippen LogP contribution in [-0.4, -0.2) is 6.54 Å². The number of fused-ring (bicyclic) bond motifs is 1. The van der Waals surface area contributed by atoms with Crippen LogP contribution in [-0.2, 0) is 6.42 Å². The van der Waals surface area contributed by atoms with Crippen LogP contribution < -0.4 is 5.32 Å². The quantitative estimate of drug-likeness (QED) is 0.798. The van der Waals surface area contributed by atoms with Crippen molar-refractivity contribution in [1.29, 1.82) is 0 Å². The van der Waals surface area contributed by atoms with Crippen LogP contribution in [0.4, 0.5) is 0 Å². The number of thiophene rings is 1. The van der Waals surface area contributed by atoms with E-state index in [0.717, 1.165) is 6.54 Å². The lowest BCUT2D eigenvalue weighted by Gasteiger charge is -2.32. The van der Waals surface area contributed by atoms with Crippen LogP contribution in [0.5, 0.6) is 0 Å². The van der Waals surface area contributed by atoms with Crippen LogP contribution in [0, 0.1) is 6.92 Å². The minimum absolute atomic E-state index is 0.457. The molecule has 1 aliphatic carbocycles. The molecule has 1 heterocycles. The molecule has 3 rings (SSSR count). The Bertz CT molecular complexity index is 587. The molecule has 1 N–H and O–H groups in total. The summed E-state index contributed by atoms with van der Waals surface area (Å²) in [4.78, 5) is 1.61. The van der Waals surface area contributed by atoms with Gasteiger partial charge in [0, 0.05) is 16.8 Å². The fraction of sp³-hybridized carbons (Fsp3) is 0.474. The molecule has 2 unspecified atom stereocenters. The molecule has 2 atom stereocenters. The lowest BCUT2D eigenvalue weighted by Crippen LogP contribution is -2.29. The van der Waals surface area contributed by atoms with Crippen molar-refractivity contribution in [2.75, 3.05) is 6.54 Å². The van der Waals surface area contributed by atoms with Gasteiger partial charge in [-0.25, -0.2) is 0 Å². The Balaban J connectivity index is 1.93. The summed E-state index contributed by atoms with van der Waals surface area (Å²) in [6.45, 7) is 5.53. The number of benzene rings is 1. The molecule has 1 aromatic heterocycles. The molecule has 0 saturated carbocycles. The minimum atomic E-state index is 0.457. The van der Waals surface area contributed by atoms with Crippen LogP contribution >= 0.6 is 11.3 Å². The van der Waals surface area contributed by atoms with Crippen molar-refractivity contribution >= 4 is 11.3 Å². The van der Waals surface area contributed by atoms with E-state index in [2.05, 4.69) is 54.9 Å². The first kappa shape index (κ1) is 14.8. The van der Waals surface area contributed by atoms with E-state index in [1.807, 2.05) is 11.3 Å². The Morgan fingerprint density at radius 1 is 1.33 bits per heavy atom. The molecule has 1 aliphatic rings. The van der Waals surface area contributed by atoms with E-state index in [9.17, 15) is 0 Å². The van der Waals surface area contributed by atoms with Gasteiger partial charge in [0.25, 0.3) is 0 Å². The molecule has 2 heteroatoms. The minimum Gasteiger partial charge on any atom is -0.309 e. The van der Waals surface area contributed by atoms with Crippen molar-refractivity contribution in [1.82, 2.24) is 5.32 Å². The molecule has 1 nitrogen and oxygen atoms in total. The molecular weight excluding hydrogens is 274 g/mol. The summed E-state index contributed by atoms with van der Waals surface area (Å²) in [6, 6.07) is 11.9. The summed E-state index contributed by atoms with van der Waals surface area (Å²) in [6.07, 6.45) is 5.09. The standard InChI is InChI=1S/C19H25NS/c1-3-11-20-19(15-7-4-6-14(2)13-15)17-8-5-9-18-16(17)10-12-21-18/h4,6-7,10,12-13,17,19-20H,3,5,8-9,11H2,1-2H3. The van der Waals surface area contributed by atoms with E-state index >= 15 is 0 Å². The Labute approximate surface area is 132 Å². The summed E-state index contributed by atoms with van der Waals surface area (Å²) < 4.78 is 0. The molecule has 0 bridgehead atoms. The molecule has 0 spiro atoms. The zero-order chi connectivity index (χ0) is 14.7. The van der Waals surface area contributed by atoms with E-state index in [0.29, 0.717) is 12.0 Å². The van der Waals surface area contributed by atoms with Gasteiger partial charge in [-0.1, -0.05) is 36.8 Å². The van der Waals surface area contributed by atoms with Crippen molar-refractivity contribution in [2.24, 2.45) is 0 Å². The number of aryl methyl sites for hydroxylation is 2. The second-order valence-corrected chi connectivity index (χ2v) is 7.14. The molecule has 2 aromatic rings. The zero-order valence-electron chi connectivity index (χ0n) is 13.1. The molecule has 0 radical (unpaired) electrons. The molecule has 0 saturated heterocycles. The van der Waals surface area contributed by atoms with Gasteiger partial charge in [0.15, 0.2) is 0 Å². The second-order valence-electron chi connectivity index (χ2n) is 6.14. The van der Waals surface area contributed by atoms with E-state index < -0.39 is 0 Å². The Kier molecular flexibility index (Phi) is 4.77. The van der Waals surface area contributed by atoms with Crippen LogP contribution in [0.15, 0.2) is 35.7 Å². The highest BCUT2D eigenvalue weighted by Gasteiger charge is 2.29. The highest BCUT2D eigenvalue weighted by Crippen LogP contribution is 2.42. The first-order valence-electron chi connectivity index (χ1n) is 8.16. The van der Waals surface area contributed by atoms with Gasteiger partial charge < -0.3 is 5.32 Å². The predicted octanol–water partition coefficient (Wildman–Crippen LogP) is 5.22. The molecule has 0 amide bonds. The van der Waals surface area contributed by atoms with Crippen molar-refractivity contribution in [2.45, 2.75) is 51.5 Å². The number of nitrogens with one attached hydrogen (secondary N) is 1. The molecule has 0 fully saturated rings. The summed E-state index contributed by atoms with van der Waals surface area (Å²) in [5.74, 6) is 0.633. The maximum absolute atomic E-state index is 3.82. The van der Waals surface area contributed by atoms with Crippen molar-refractivity contribution in [3.05, 3.63) is 57.3 Å². The predicted molar refractivity (Wildman–Crippen MR) is 92.2 cm³/mol. The lowest BCUT2D eigenvalue weighted by molar-refractivity contribution is 0.404. The van der Waals surface area contributed by atoms with Crippen molar-refractivity contribution in [3.63, 3.8) is 0 Å². The van der Waals surface area contributed by atoms with Gasteiger partial charge in [-0.2, -0.15) is 0 Å². The summed E-state index contributed by atoms with van der Waals surface area (Å²) in [7, 11) is 0.